The van der Waals surface area contributed by atoms with Gasteiger partial charge < -0.3 is 10.2 Å². The van der Waals surface area contributed by atoms with Gasteiger partial charge in [-0.05, 0) is 0 Å². The summed E-state index contributed by atoms with van der Waals surface area (Å²) >= 11 is 36.2. The number of allylic oxidation sites excluding steroid dienone is 2. The summed E-state index contributed by atoms with van der Waals surface area (Å²) in [5.41, 5.74) is 0. The van der Waals surface area contributed by atoms with E-state index < -0.39 is 37.9 Å². The number of rotatable bonds is 2. The Morgan fingerprint density at radius 1 is 0.850 bits per heavy atom. The van der Waals surface area contributed by atoms with Crippen molar-refractivity contribution in [3.8, 4) is 0 Å². The zero-order chi connectivity index (χ0) is 15.0. The molecule has 0 saturated heterocycles. The van der Waals surface area contributed by atoms with Crippen LogP contribution in [0.5, 0.6) is 0 Å². The number of aliphatic carboxylic acids is 2. The van der Waals surface area contributed by atoms with Gasteiger partial charge in [-0.2, -0.15) is 0 Å². The molecule has 11 heteroatoms. The third kappa shape index (κ3) is 1.85. The summed E-state index contributed by atoms with van der Waals surface area (Å²) in [7, 11) is 0. The number of hydrogen-bond acceptors (Lipinski definition) is 2. The van der Waals surface area contributed by atoms with Gasteiger partial charge in [0.1, 0.15) is 9.75 Å². The van der Waals surface area contributed by atoms with Crippen molar-refractivity contribution in [2.24, 2.45) is 11.8 Å². The van der Waals surface area contributed by atoms with Crippen molar-refractivity contribution in [2.75, 3.05) is 0 Å². The summed E-state index contributed by atoms with van der Waals surface area (Å²) in [5, 5.41) is 17.8. The maximum Gasteiger partial charge on any atom is 0.309 e. The van der Waals surface area contributed by atoms with E-state index >= 15 is 0 Å². The SMILES string of the molecule is O=C(O)C1C(C(=O)O)C2(Cl)C(Cl)=C(Cl)C1(Cl)C2(Cl)Cl.[Pb]. The quantitative estimate of drug-likeness (QED) is 0.380. The number of carboxylic acids is 2. The summed E-state index contributed by atoms with van der Waals surface area (Å²) in [6, 6.07) is 0. The standard InChI is InChI=1S/C9H4Cl6O4.Pb/c10-3-4(11)8(13)2(6(18)19)1(5(16)17)7(3,12)9(8,14)15;/h1-2H,(H,16,17)(H,18,19);. The molecule has 0 aromatic rings. The molecule has 0 aromatic heterocycles. The number of fused-ring (bicyclic) bond motifs is 2. The predicted molar refractivity (Wildman–Crippen MR) is 78.3 cm³/mol. The van der Waals surface area contributed by atoms with Crippen molar-refractivity contribution in [3.05, 3.63) is 10.1 Å². The Balaban J connectivity index is 0.00000200. The van der Waals surface area contributed by atoms with Gasteiger partial charge >= 0.3 is 11.9 Å². The fourth-order valence-corrected chi connectivity index (χ4v) is 5.54. The first kappa shape index (κ1) is 19.4. The Hall–Kier alpha value is 1.34. The molecule has 4 radical (unpaired) electrons. The van der Waals surface area contributed by atoms with Gasteiger partial charge in [-0.15, -0.1) is 23.2 Å². The molecule has 2 N–H and O–H groups in total. The summed E-state index contributed by atoms with van der Waals surface area (Å²) in [6.45, 7) is 0. The van der Waals surface area contributed by atoms with E-state index in [0.29, 0.717) is 0 Å². The van der Waals surface area contributed by atoms with Crippen LogP contribution in [-0.4, -0.2) is 63.5 Å². The molecule has 20 heavy (non-hydrogen) atoms. The van der Waals surface area contributed by atoms with Crippen LogP contribution < -0.4 is 0 Å². The van der Waals surface area contributed by atoms with Gasteiger partial charge in [0.2, 0.25) is 0 Å². The summed E-state index contributed by atoms with van der Waals surface area (Å²) in [4.78, 5) is 18.5. The second kappa shape index (κ2) is 5.46. The van der Waals surface area contributed by atoms with Crippen molar-refractivity contribution >= 4 is 109 Å². The monoisotopic (exact) mass is 594 g/mol. The Labute approximate surface area is 163 Å². The van der Waals surface area contributed by atoms with Crippen LogP contribution in [0.1, 0.15) is 0 Å². The molecule has 2 aliphatic rings. The van der Waals surface area contributed by atoms with Crippen LogP contribution in [0.3, 0.4) is 0 Å². The number of carboxylic acid groups (broad SMARTS) is 2. The van der Waals surface area contributed by atoms with Gasteiger partial charge in [-0.1, -0.05) is 46.4 Å². The fourth-order valence-electron chi connectivity index (χ4n) is 2.61. The van der Waals surface area contributed by atoms with Gasteiger partial charge in [0.05, 0.1) is 21.9 Å². The summed E-state index contributed by atoms with van der Waals surface area (Å²) in [6.07, 6.45) is 0. The van der Waals surface area contributed by atoms with Crippen LogP contribution >= 0.6 is 69.6 Å². The predicted octanol–water partition coefficient (Wildman–Crippen LogP) is 2.85. The molecule has 2 aliphatic carbocycles. The molecule has 0 aromatic carbocycles. The third-order valence-electron chi connectivity index (χ3n) is 3.47. The van der Waals surface area contributed by atoms with E-state index in [1.54, 1.807) is 0 Å². The average Bonchev–Trinajstić information content (AvgIpc) is 2.48. The van der Waals surface area contributed by atoms with E-state index in [4.69, 9.17) is 69.6 Å². The first-order valence-corrected chi connectivity index (χ1v) is 7.00. The molecule has 4 atom stereocenters. The van der Waals surface area contributed by atoms with Gasteiger partial charge in [-0.3, -0.25) is 9.59 Å². The van der Waals surface area contributed by atoms with E-state index in [9.17, 15) is 19.8 Å². The molecule has 4 unspecified atom stereocenters. The topological polar surface area (TPSA) is 74.6 Å². The molecule has 2 rings (SSSR count). The Morgan fingerprint density at radius 3 is 1.30 bits per heavy atom. The molecule has 0 heterocycles. The molecule has 0 amide bonds. The van der Waals surface area contributed by atoms with E-state index in [0.717, 1.165) is 0 Å². The van der Waals surface area contributed by atoms with Crippen molar-refractivity contribution in [2.45, 2.75) is 14.1 Å². The van der Waals surface area contributed by atoms with Crippen LogP contribution in [0.2, 0.25) is 0 Å². The molecule has 1 saturated carbocycles. The van der Waals surface area contributed by atoms with Gasteiger partial charge in [-0.25, -0.2) is 0 Å². The van der Waals surface area contributed by atoms with E-state index in [-0.39, 0.29) is 37.4 Å². The van der Waals surface area contributed by atoms with Crippen LogP contribution in [0.15, 0.2) is 10.1 Å². The first-order valence-electron chi connectivity index (χ1n) is 4.73. The van der Waals surface area contributed by atoms with Gasteiger partial charge in [0, 0.05) is 27.3 Å². The van der Waals surface area contributed by atoms with Crippen molar-refractivity contribution in [1.29, 1.82) is 0 Å². The largest absolute Gasteiger partial charge is 0.481 e. The second-order valence-corrected chi connectivity index (χ2v) is 7.53. The third-order valence-corrected chi connectivity index (χ3v) is 7.73. The van der Waals surface area contributed by atoms with Crippen LogP contribution in [0.4, 0.5) is 0 Å². The molecule has 0 spiro atoms. The number of alkyl halides is 4. The molecule has 0 aliphatic heterocycles. The maximum absolute atomic E-state index is 11.3. The molecule has 1 fully saturated rings. The zero-order valence-corrected chi connectivity index (χ0v) is 17.6. The Bertz CT molecular complexity index is 493. The average molecular weight is 596 g/mol. The second-order valence-electron chi connectivity index (χ2n) is 4.26. The van der Waals surface area contributed by atoms with Crippen LogP contribution in [-0.2, 0) is 9.59 Å². The van der Waals surface area contributed by atoms with Crippen LogP contribution in [0.25, 0.3) is 0 Å². The van der Waals surface area contributed by atoms with Crippen LogP contribution in [0, 0.1) is 11.8 Å². The Morgan fingerprint density at radius 2 is 1.10 bits per heavy atom. The van der Waals surface area contributed by atoms with E-state index in [1.165, 1.54) is 0 Å². The normalized spacial score (nSPS) is 41.5. The minimum Gasteiger partial charge on any atom is -0.481 e. The van der Waals surface area contributed by atoms with Crippen molar-refractivity contribution in [3.63, 3.8) is 0 Å². The summed E-state index contributed by atoms with van der Waals surface area (Å²) < 4.78 is -2.18. The van der Waals surface area contributed by atoms with Crippen molar-refractivity contribution in [1.82, 2.24) is 0 Å². The first-order chi connectivity index (χ1) is 8.45. The van der Waals surface area contributed by atoms with Crippen molar-refractivity contribution < 1.29 is 19.8 Å². The number of carbonyl (C=O) groups is 2. The molecule has 110 valence electrons. The van der Waals surface area contributed by atoms with E-state index in [1.807, 2.05) is 0 Å². The maximum atomic E-state index is 11.3. The molecular weight excluding hydrogens is 592 g/mol. The number of halogens is 6. The smallest absolute Gasteiger partial charge is 0.309 e. The van der Waals surface area contributed by atoms with Gasteiger partial charge in [0.25, 0.3) is 0 Å². The number of hydrogen-bond donors (Lipinski definition) is 2. The minimum absolute atomic E-state index is 0. The Kier molecular flexibility index (Phi) is 5.29. The summed E-state index contributed by atoms with van der Waals surface area (Å²) in [5.74, 6) is -6.49. The molecule has 4 nitrogen and oxygen atoms in total. The van der Waals surface area contributed by atoms with Gasteiger partial charge in [0.15, 0.2) is 4.33 Å². The zero-order valence-electron chi connectivity index (χ0n) is 9.13. The molecule has 2 bridgehead atoms. The van der Waals surface area contributed by atoms with E-state index in [2.05, 4.69) is 0 Å². The minimum atomic E-state index is -2.18. The fraction of sp³-hybridized carbons (Fsp3) is 0.556. The molecular formula is C9H4Cl6O4Pb.